The molecule has 15 heteroatoms. The van der Waals surface area contributed by atoms with Crippen molar-refractivity contribution < 1.29 is 38.4 Å². The van der Waals surface area contributed by atoms with E-state index < -0.39 is 5.91 Å². The van der Waals surface area contributed by atoms with Gasteiger partial charge < -0.3 is 21.7 Å². The van der Waals surface area contributed by atoms with Crippen molar-refractivity contribution in [3.05, 3.63) is 12.2 Å². The summed E-state index contributed by atoms with van der Waals surface area (Å²) in [7, 11) is 0. The molecule has 0 radical (unpaired) electrons. The molecule has 0 saturated carbocycles. The number of unbranched alkanes of at least 4 members (excludes halogenated alkanes) is 5. The normalized spacial score (nSPS) is 14.6. The number of primary amides is 1. The van der Waals surface area contributed by atoms with Crippen LogP contribution in [0.1, 0.15) is 112 Å². The van der Waals surface area contributed by atoms with Crippen LogP contribution in [0.5, 0.6) is 0 Å². The van der Waals surface area contributed by atoms with Crippen molar-refractivity contribution in [2.45, 2.75) is 112 Å². The Morgan fingerprint density at radius 3 is 1.56 bits per heavy atom. The number of nitrogens with one attached hydrogen (secondary N) is 3. The van der Waals surface area contributed by atoms with E-state index in [0.717, 1.165) is 67.0 Å². The molecule has 2 aliphatic rings. The third-order valence-corrected chi connectivity index (χ3v) is 7.81. The van der Waals surface area contributed by atoms with Crippen molar-refractivity contribution in [3.63, 3.8) is 0 Å². The Morgan fingerprint density at radius 2 is 1.12 bits per heavy atom. The van der Waals surface area contributed by atoms with Crippen molar-refractivity contribution >= 4 is 59.0 Å². The molecule has 286 valence electrons. The zero-order valence-corrected chi connectivity index (χ0v) is 31.9. The molecule has 0 bridgehead atoms. The lowest BCUT2D eigenvalue weighted by Gasteiger charge is -2.13. The summed E-state index contributed by atoms with van der Waals surface area (Å²) in [6.07, 6.45) is 12.2. The quantitative estimate of drug-likeness (QED) is 0.0955. The molecule has 1 atom stereocenters. The Kier molecular flexibility index (Phi) is 30.2. The number of likely N-dealkylation sites (tertiary alicyclic amines) is 1. The number of rotatable bonds is 22. The second-order valence-corrected chi connectivity index (χ2v) is 12.1. The minimum atomic E-state index is -0.500. The average Bonchev–Trinajstić information content (AvgIpc) is 3.55. The highest BCUT2D eigenvalue weighted by Gasteiger charge is 2.35. The lowest BCUT2D eigenvalue weighted by atomic mass is 10.1. The van der Waals surface area contributed by atoms with Crippen LogP contribution in [0.4, 0.5) is 0 Å². The van der Waals surface area contributed by atoms with Gasteiger partial charge in [0.25, 0.3) is 11.8 Å². The summed E-state index contributed by atoms with van der Waals surface area (Å²) in [6, 6.07) is 0. The lowest BCUT2D eigenvalue weighted by Crippen LogP contribution is -2.34. The van der Waals surface area contributed by atoms with Crippen LogP contribution in [0.2, 0.25) is 0 Å². The molecule has 2 rings (SSSR count). The number of nitrogens with zero attached hydrogens (tertiary/aromatic N) is 2. The van der Waals surface area contributed by atoms with E-state index in [4.69, 9.17) is 5.73 Å². The minimum absolute atomic E-state index is 0.0458. The largest absolute Gasteiger partial charge is 0.370 e. The van der Waals surface area contributed by atoms with E-state index in [1.807, 2.05) is 34.0 Å². The third kappa shape index (κ3) is 23.6. The summed E-state index contributed by atoms with van der Waals surface area (Å²) in [4.78, 5) is 92.9. The first-order valence-corrected chi connectivity index (χ1v) is 19.3. The van der Waals surface area contributed by atoms with Gasteiger partial charge in [-0.2, -0.15) is 11.8 Å². The number of hydrogen-bond donors (Lipinski definition) is 4. The number of imide groups is 2. The number of hydrogen-bond acceptors (Lipinski definition) is 9. The summed E-state index contributed by atoms with van der Waals surface area (Å²) >= 11 is 1.67. The molecule has 0 aliphatic carbocycles. The van der Waals surface area contributed by atoms with Gasteiger partial charge in [0.15, 0.2) is 0 Å². The monoisotopic (exact) mass is 726 g/mol. The number of amides is 8. The van der Waals surface area contributed by atoms with Crippen LogP contribution < -0.4 is 21.7 Å². The summed E-state index contributed by atoms with van der Waals surface area (Å²) < 4.78 is 0. The number of nitrogens with two attached hydrogens (primary N) is 1. The highest BCUT2D eigenvalue weighted by atomic mass is 32.2. The van der Waals surface area contributed by atoms with E-state index in [2.05, 4.69) is 16.0 Å². The topological polar surface area (TPSA) is 205 Å². The van der Waals surface area contributed by atoms with E-state index in [1.54, 1.807) is 18.7 Å². The fraction of sp³-hybridized carbons (Fsp3) is 0.714. The molecule has 1 unspecified atom stereocenters. The number of carbonyl (C=O) groups is 8. The predicted molar refractivity (Wildman–Crippen MR) is 196 cm³/mol. The highest BCUT2D eigenvalue weighted by Crippen LogP contribution is 2.18. The SMILES string of the molecule is CC.CC.CC1CC(=O)N(CCC(N)=O)C1=O.CSCCC(=O)NCCCCCCNC(=O)CCCCCNC(=O)CCN1C(=O)C=CC1=O. The molecular weight excluding hydrogens is 664 g/mol. The maximum atomic E-state index is 11.8. The Morgan fingerprint density at radius 1 is 0.680 bits per heavy atom. The molecule has 8 amide bonds. The van der Waals surface area contributed by atoms with Crippen molar-refractivity contribution in [1.29, 1.82) is 0 Å². The maximum Gasteiger partial charge on any atom is 0.253 e. The molecule has 2 heterocycles. The Labute approximate surface area is 302 Å². The lowest BCUT2D eigenvalue weighted by molar-refractivity contribution is -0.140. The van der Waals surface area contributed by atoms with Gasteiger partial charge in [-0.05, 0) is 31.9 Å². The van der Waals surface area contributed by atoms with E-state index in [0.29, 0.717) is 25.9 Å². The molecular formula is C35H62N6O8S. The molecule has 14 nitrogen and oxygen atoms in total. The molecule has 1 fully saturated rings. The van der Waals surface area contributed by atoms with Crippen molar-refractivity contribution in [2.24, 2.45) is 11.7 Å². The van der Waals surface area contributed by atoms with Gasteiger partial charge in [-0.1, -0.05) is 53.9 Å². The average molecular weight is 727 g/mol. The first-order chi connectivity index (χ1) is 24.0. The van der Waals surface area contributed by atoms with Crippen molar-refractivity contribution in [1.82, 2.24) is 25.8 Å². The van der Waals surface area contributed by atoms with Gasteiger partial charge >= 0.3 is 0 Å². The first kappa shape index (κ1) is 48.4. The minimum Gasteiger partial charge on any atom is -0.370 e. The maximum absolute atomic E-state index is 11.8. The van der Waals surface area contributed by atoms with E-state index >= 15 is 0 Å². The summed E-state index contributed by atoms with van der Waals surface area (Å²) in [5.74, 6) is -1.10. The third-order valence-electron chi connectivity index (χ3n) is 7.20. The van der Waals surface area contributed by atoms with E-state index in [-0.39, 0.29) is 79.6 Å². The molecule has 1 saturated heterocycles. The van der Waals surface area contributed by atoms with Crippen LogP contribution in [0, 0.1) is 5.92 Å². The first-order valence-electron chi connectivity index (χ1n) is 17.9. The van der Waals surface area contributed by atoms with Crippen LogP contribution in [-0.4, -0.2) is 102 Å². The van der Waals surface area contributed by atoms with Crippen LogP contribution in [0.15, 0.2) is 12.2 Å². The van der Waals surface area contributed by atoms with Crippen LogP contribution in [0.3, 0.4) is 0 Å². The standard InChI is InChI=1S/C23H38N4O5S.C8H12N2O3.2C2H6/c1-33-18-13-21(30)26-15-7-3-2-6-14-24-19(28)9-5-4-8-16-25-20(29)12-17-27-22(31)10-11-23(27)32;1-5-4-7(12)10(8(5)13)3-2-6(9)11;2*1-2/h10-11H,2-9,12-18H2,1H3,(H,24,28)(H,25,29)(H,26,30);5H,2-4H2,1H3,(H2,9,11);2*1-2H3. The van der Waals surface area contributed by atoms with Gasteiger partial charge in [-0.15, -0.1) is 0 Å². The summed E-state index contributed by atoms with van der Waals surface area (Å²) in [5, 5.41) is 8.62. The number of carbonyl (C=O) groups excluding carboxylic acids is 8. The molecule has 0 aromatic carbocycles. The van der Waals surface area contributed by atoms with E-state index in [1.165, 1.54) is 12.2 Å². The zero-order valence-electron chi connectivity index (χ0n) is 31.1. The second-order valence-electron chi connectivity index (χ2n) is 11.1. The molecule has 0 spiro atoms. The number of thioether (sulfide) groups is 1. The Balaban J connectivity index is 0. The highest BCUT2D eigenvalue weighted by molar-refractivity contribution is 7.98. The zero-order chi connectivity index (χ0) is 38.3. The van der Waals surface area contributed by atoms with E-state index in [9.17, 15) is 38.4 Å². The fourth-order valence-electron chi connectivity index (χ4n) is 4.50. The summed E-state index contributed by atoms with van der Waals surface area (Å²) in [5.41, 5.74) is 4.91. The van der Waals surface area contributed by atoms with Gasteiger partial charge in [-0.3, -0.25) is 48.2 Å². The van der Waals surface area contributed by atoms with Crippen molar-refractivity contribution in [3.8, 4) is 0 Å². The second kappa shape index (κ2) is 31.2. The van der Waals surface area contributed by atoms with Crippen LogP contribution in [-0.2, 0) is 38.4 Å². The predicted octanol–water partition coefficient (Wildman–Crippen LogP) is 2.83. The van der Waals surface area contributed by atoms with Gasteiger partial charge in [0.1, 0.15) is 0 Å². The molecule has 5 N–H and O–H groups in total. The van der Waals surface area contributed by atoms with Crippen molar-refractivity contribution in [2.75, 3.05) is 44.7 Å². The molecule has 0 aromatic heterocycles. The Bertz CT molecular complexity index is 1080. The fourth-order valence-corrected chi connectivity index (χ4v) is 4.89. The van der Waals surface area contributed by atoms with Crippen LogP contribution >= 0.6 is 11.8 Å². The van der Waals surface area contributed by atoms with Gasteiger partial charge in [0, 0.05) is 88.7 Å². The van der Waals surface area contributed by atoms with Gasteiger partial charge in [0.05, 0.1) is 0 Å². The Hall–Kier alpha value is -3.75. The molecule has 2 aliphatic heterocycles. The molecule has 0 aromatic rings. The van der Waals surface area contributed by atoms with Gasteiger partial charge in [0.2, 0.25) is 35.4 Å². The van der Waals surface area contributed by atoms with Crippen LogP contribution in [0.25, 0.3) is 0 Å². The summed E-state index contributed by atoms with van der Waals surface area (Å²) in [6.45, 7) is 11.8. The smallest absolute Gasteiger partial charge is 0.253 e. The molecule has 50 heavy (non-hydrogen) atoms. The van der Waals surface area contributed by atoms with Gasteiger partial charge in [-0.25, -0.2) is 0 Å².